The van der Waals surface area contributed by atoms with Gasteiger partial charge in [0.2, 0.25) is 0 Å². The van der Waals surface area contributed by atoms with Crippen molar-refractivity contribution in [2.75, 3.05) is 6.61 Å². The SMILES string of the molecule is C=C1C(=O)O[C@@H]2/C=C(/C)CC/C=C(/C=O)C[C@@H](OC(=O)/C(C)=C/COC(C)=O)[C@@H]12. The Balaban J connectivity index is 2.30. The van der Waals surface area contributed by atoms with Gasteiger partial charge in [0.1, 0.15) is 25.1 Å². The van der Waals surface area contributed by atoms with Crippen LogP contribution in [0.2, 0.25) is 0 Å². The number of ether oxygens (including phenoxy) is 3. The molecule has 2 rings (SSSR count). The molecule has 2 aliphatic rings. The van der Waals surface area contributed by atoms with E-state index in [4.69, 9.17) is 14.2 Å². The summed E-state index contributed by atoms with van der Waals surface area (Å²) in [6.07, 6.45) is 5.97. The minimum absolute atomic E-state index is 0.0529. The third-order valence-electron chi connectivity index (χ3n) is 4.90. The van der Waals surface area contributed by atoms with Gasteiger partial charge in [0.15, 0.2) is 0 Å². The van der Waals surface area contributed by atoms with Gasteiger partial charge in [0, 0.05) is 24.5 Å². The number of hydrogen-bond donors (Lipinski definition) is 0. The van der Waals surface area contributed by atoms with Gasteiger partial charge in [0.05, 0.1) is 5.92 Å². The van der Waals surface area contributed by atoms with Crippen molar-refractivity contribution in [1.82, 2.24) is 0 Å². The number of hydrogen-bond acceptors (Lipinski definition) is 7. The normalized spacial score (nSPS) is 28.8. The van der Waals surface area contributed by atoms with Crippen molar-refractivity contribution in [3.8, 4) is 0 Å². The van der Waals surface area contributed by atoms with E-state index < -0.39 is 36.0 Å². The minimum Gasteiger partial charge on any atom is -0.462 e. The number of carbonyl (C=O) groups is 4. The fourth-order valence-corrected chi connectivity index (χ4v) is 3.28. The topological polar surface area (TPSA) is 96.0 Å². The van der Waals surface area contributed by atoms with Gasteiger partial charge in [-0.2, -0.15) is 0 Å². The molecule has 1 fully saturated rings. The van der Waals surface area contributed by atoms with Gasteiger partial charge < -0.3 is 14.2 Å². The van der Waals surface area contributed by atoms with Crippen LogP contribution in [-0.2, 0) is 33.4 Å². The van der Waals surface area contributed by atoms with Crippen molar-refractivity contribution in [2.45, 2.75) is 52.2 Å². The van der Waals surface area contributed by atoms with E-state index in [1.54, 1.807) is 0 Å². The minimum atomic E-state index is -0.804. The molecule has 0 bridgehead atoms. The van der Waals surface area contributed by atoms with Gasteiger partial charge in [-0.15, -0.1) is 0 Å². The van der Waals surface area contributed by atoms with Crippen LogP contribution in [0.4, 0.5) is 0 Å². The Hall–Kier alpha value is -2.96. The fourth-order valence-electron chi connectivity index (χ4n) is 3.28. The zero-order valence-electron chi connectivity index (χ0n) is 16.9. The molecule has 0 saturated carbocycles. The van der Waals surface area contributed by atoms with Gasteiger partial charge in [-0.25, -0.2) is 9.59 Å². The molecular formula is C22H26O7. The van der Waals surface area contributed by atoms with E-state index in [9.17, 15) is 19.2 Å². The van der Waals surface area contributed by atoms with Crippen LogP contribution >= 0.6 is 0 Å². The molecule has 3 atom stereocenters. The number of carbonyl (C=O) groups excluding carboxylic acids is 4. The lowest BCUT2D eigenvalue weighted by Crippen LogP contribution is -2.34. The van der Waals surface area contributed by atoms with Crippen LogP contribution in [0.3, 0.4) is 0 Å². The van der Waals surface area contributed by atoms with Crippen LogP contribution in [0.25, 0.3) is 0 Å². The zero-order valence-corrected chi connectivity index (χ0v) is 16.9. The van der Waals surface area contributed by atoms with Crippen LogP contribution in [0.15, 0.2) is 47.1 Å². The van der Waals surface area contributed by atoms with E-state index in [-0.39, 0.29) is 24.2 Å². The van der Waals surface area contributed by atoms with E-state index in [1.807, 2.05) is 19.1 Å². The smallest absolute Gasteiger partial charge is 0.334 e. The first-order valence-corrected chi connectivity index (χ1v) is 9.45. The van der Waals surface area contributed by atoms with Crippen LogP contribution in [0, 0.1) is 5.92 Å². The molecular weight excluding hydrogens is 376 g/mol. The van der Waals surface area contributed by atoms with Crippen molar-refractivity contribution in [2.24, 2.45) is 5.92 Å². The third-order valence-corrected chi connectivity index (χ3v) is 4.90. The molecule has 1 aliphatic carbocycles. The summed E-state index contributed by atoms with van der Waals surface area (Å²) in [5, 5.41) is 0. The summed E-state index contributed by atoms with van der Waals surface area (Å²) >= 11 is 0. The maximum Gasteiger partial charge on any atom is 0.334 e. The molecule has 0 aromatic heterocycles. The Kier molecular flexibility index (Phi) is 7.70. The largest absolute Gasteiger partial charge is 0.462 e. The summed E-state index contributed by atoms with van der Waals surface area (Å²) < 4.78 is 15.9. The van der Waals surface area contributed by atoms with Crippen LogP contribution in [-0.4, -0.2) is 43.0 Å². The van der Waals surface area contributed by atoms with E-state index in [2.05, 4.69) is 6.58 Å². The molecule has 156 valence electrons. The van der Waals surface area contributed by atoms with E-state index in [0.717, 1.165) is 18.3 Å². The Labute approximate surface area is 170 Å². The molecule has 0 spiro atoms. The summed E-state index contributed by atoms with van der Waals surface area (Å²) in [5.41, 5.74) is 1.96. The standard InChI is InChI=1S/C22H26O7/c1-13-6-5-7-17(12-23)11-19(20-15(3)22(26)29-18(20)10-13)28-21(25)14(2)8-9-27-16(4)24/h7-8,10,12,18-20H,3,5-6,9,11H2,1-2,4H3/b13-10-,14-8+,17-7+/t18-,19-,20+/m1/s1. The monoisotopic (exact) mass is 402 g/mol. The fraction of sp³-hybridized carbons (Fsp3) is 0.455. The second-order valence-electron chi connectivity index (χ2n) is 7.21. The molecule has 29 heavy (non-hydrogen) atoms. The second-order valence-corrected chi connectivity index (χ2v) is 7.21. The molecule has 0 aromatic rings. The van der Waals surface area contributed by atoms with Gasteiger partial charge in [-0.3, -0.25) is 9.59 Å². The number of allylic oxidation sites excluding steroid dienone is 2. The maximum absolute atomic E-state index is 12.6. The highest BCUT2D eigenvalue weighted by Gasteiger charge is 2.44. The molecule has 1 heterocycles. The van der Waals surface area contributed by atoms with E-state index in [0.29, 0.717) is 12.0 Å². The Morgan fingerprint density at radius 3 is 2.72 bits per heavy atom. The second kappa shape index (κ2) is 10.0. The van der Waals surface area contributed by atoms with E-state index in [1.165, 1.54) is 19.9 Å². The molecule has 1 saturated heterocycles. The summed E-state index contributed by atoms with van der Waals surface area (Å²) in [6.45, 7) is 8.49. The predicted octanol–water partition coefficient (Wildman–Crippen LogP) is 2.76. The van der Waals surface area contributed by atoms with E-state index >= 15 is 0 Å². The third kappa shape index (κ3) is 6.01. The summed E-state index contributed by atoms with van der Waals surface area (Å²) in [6, 6.07) is 0. The van der Waals surface area contributed by atoms with Gasteiger partial charge >= 0.3 is 17.9 Å². The highest BCUT2D eigenvalue weighted by molar-refractivity contribution is 5.92. The molecule has 0 N–H and O–H groups in total. The highest BCUT2D eigenvalue weighted by Crippen LogP contribution is 2.36. The zero-order chi connectivity index (χ0) is 21.6. The Morgan fingerprint density at radius 2 is 2.07 bits per heavy atom. The van der Waals surface area contributed by atoms with Crippen molar-refractivity contribution < 1.29 is 33.4 Å². The van der Waals surface area contributed by atoms with Crippen molar-refractivity contribution in [3.63, 3.8) is 0 Å². The first-order chi connectivity index (χ1) is 13.7. The number of rotatable bonds is 5. The molecule has 0 aromatic carbocycles. The summed E-state index contributed by atoms with van der Waals surface area (Å²) in [5.74, 6) is -2.22. The average molecular weight is 402 g/mol. The predicted molar refractivity (Wildman–Crippen MR) is 105 cm³/mol. The first-order valence-electron chi connectivity index (χ1n) is 9.45. The molecule has 0 unspecified atom stereocenters. The average Bonchev–Trinajstić information content (AvgIpc) is 2.92. The quantitative estimate of drug-likeness (QED) is 0.229. The number of esters is 3. The highest BCUT2D eigenvalue weighted by atomic mass is 16.6. The molecule has 7 heteroatoms. The lowest BCUT2D eigenvalue weighted by molar-refractivity contribution is -0.147. The van der Waals surface area contributed by atoms with Crippen molar-refractivity contribution in [1.29, 1.82) is 0 Å². The lowest BCUT2D eigenvalue weighted by atomic mass is 9.85. The first kappa shape index (κ1) is 22.3. The van der Waals surface area contributed by atoms with Crippen LogP contribution in [0.1, 0.15) is 40.0 Å². The lowest BCUT2D eigenvalue weighted by Gasteiger charge is -2.27. The number of aldehydes is 1. The number of fused-ring (bicyclic) bond motifs is 1. The summed E-state index contributed by atoms with van der Waals surface area (Å²) in [7, 11) is 0. The molecule has 0 radical (unpaired) electrons. The molecule has 7 nitrogen and oxygen atoms in total. The van der Waals surface area contributed by atoms with Crippen LogP contribution in [0.5, 0.6) is 0 Å². The molecule has 1 aliphatic heterocycles. The Morgan fingerprint density at radius 1 is 1.34 bits per heavy atom. The molecule has 0 amide bonds. The van der Waals surface area contributed by atoms with Gasteiger partial charge in [0.25, 0.3) is 0 Å². The van der Waals surface area contributed by atoms with Gasteiger partial charge in [-0.05, 0) is 44.4 Å². The van der Waals surface area contributed by atoms with Gasteiger partial charge in [-0.1, -0.05) is 18.2 Å². The Bertz CT molecular complexity index is 800. The van der Waals surface area contributed by atoms with Crippen molar-refractivity contribution in [3.05, 3.63) is 47.1 Å². The van der Waals surface area contributed by atoms with Crippen molar-refractivity contribution >= 4 is 24.2 Å². The van der Waals surface area contributed by atoms with Crippen LogP contribution < -0.4 is 0 Å². The maximum atomic E-state index is 12.6. The summed E-state index contributed by atoms with van der Waals surface area (Å²) in [4.78, 5) is 47.1.